The highest BCUT2D eigenvalue weighted by atomic mass is 16.3. The first-order chi connectivity index (χ1) is 7.68. The lowest BCUT2D eigenvalue weighted by Crippen LogP contribution is -2.53. The van der Waals surface area contributed by atoms with E-state index in [4.69, 9.17) is 0 Å². The van der Waals surface area contributed by atoms with E-state index in [-0.39, 0.29) is 12.1 Å². The second-order valence-corrected chi connectivity index (χ2v) is 5.78. The molecular formula is C13H25NO2. The molecule has 0 unspecified atom stereocenters. The van der Waals surface area contributed by atoms with Crippen molar-refractivity contribution in [2.45, 2.75) is 68.9 Å². The van der Waals surface area contributed by atoms with E-state index >= 15 is 0 Å². The maximum atomic E-state index is 10.4. The number of aliphatic hydroxyl groups excluding tert-OH is 1. The molecule has 0 aliphatic heterocycles. The summed E-state index contributed by atoms with van der Waals surface area (Å²) in [5.74, 6) is 0. The minimum absolute atomic E-state index is 0.0901. The summed E-state index contributed by atoms with van der Waals surface area (Å²) in [7, 11) is 0. The molecule has 0 radical (unpaired) electrons. The Bertz CT molecular complexity index is 218. The van der Waals surface area contributed by atoms with Gasteiger partial charge in [0.2, 0.25) is 0 Å². The van der Waals surface area contributed by atoms with E-state index in [0.29, 0.717) is 6.54 Å². The highest BCUT2D eigenvalue weighted by Crippen LogP contribution is 2.32. The minimum Gasteiger partial charge on any atom is -0.394 e. The summed E-state index contributed by atoms with van der Waals surface area (Å²) in [6, 6.07) is 0. The van der Waals surface area contributed by atoms with Crippen LogP contribution in [0.2, 0.25) is 0 Å². The highest BCUT2D eigenvalue weighted by Gasteiger charge is 2.36. The van der Waals surface area contributed by atoms with E-state index < -0.39 is 5.60 Å². The lowest BCUT2D eigenvalue weighted by atomic mass is 9.84. The summed E-state index contributed by atoms with van der Waals surface area (Å²) < 4.78 is 0. The normalized spacial score (nSPS) is 28.1. The van der Waals surface area contributed by atoms with Gasteiger partial charge in [-0.1, -0.05) is 32.1 Å². The summed E-state index contributed by atoms with van der Waals surface area (Å²) in [5.41, 5.74) is -0.601. The number of rotatable bonds is 4. The third-order valence-electron chi connectivity index (χ3n) is 4.44. The largest absolute Gasteiger partial charge is 0.394 e. The second kappa shape index (κ2) is 5.03. The Morgan fingerprint density at radius 1 is 0.875 bits per heavy atom. The smallest absolute Gasteiger partial charge is 0.0771 e. The van der Waals surface area contributed by atoms with Gasteiger partial charge in [0.05, 0.1) is 12.2 Å². The molecule has 0 spiro atoms. The van der Waals surface area contributed by atoms with Crippen LogP contribution in [0.5, 0.6) is 0 Å². The van der Waals surface area contributed by atoms with Crippen LogP contribution in [-0.4, -0.2) is 34.5 Å². The van der Waals surface area contributed by atoms with E-state index in [0.717, 1.165) is 38.5 Å². The number of hydrogen-bond donors (Lipinski definition) is 3. The Labute approximate surface area is 98.2 Å². The molecule has 3 nitrogen and oxygen atoms in total. The van der Waals surface area contributed by atoms with Crippen molar-refractivity contribution >= 4 is 0 Å². The minimum atomic E-state index is -0.511. The monoisotopic (exact) mass is 227 g/mol. The van der Waals surface area contributed by atoms with Crippen molar-refractivity contribution in [1.82, 2.24) is 5.32 Å². The average molecular weight is 227 g/mol. The van der Waals surface area contributed by atoms with Gasteiger partial charge in [0, 0.05) is 12.1 Å². The van der Waals surface area contributed by atoms with Crippen LogP contribution in [0, 0.1) is 0 Å². The highest BCUT2D eigenvalue weighted by molar-refractivity contribution is 4.95. The predicted molar refractivity (Wildman–Crippen MR) is 64.3 cm³/mol. The van der Waals surface area contributed by atoms with Gasteiger partial charge in [0.1, 0.15) is 0 Å². The van der Waals surface area contributed by atoms with E-state index in [9.17, 15) is 10.2 Å². The number of nitrogens with one attached hydrogen (secondary N) is 1. The predicted octanol–water partition coefficient (Wildman–Crippen LogP) is 1.58. The molecule has 0 aromatic heterocycles. The Kier molecular flexibility index (Phi) is 3.88. The van der Waals surface area contributed by atoms with E-state index in [1.807, 2.05) is 0 Å². The summed E-state index contributed by atoms with van der Waals surface area (Å²) in [6.45, 7) is 0.872. The molecule has 94 valence electrons. The fourth-order valence-corrected chi connectivity index (χ4v) is 3.18. The van der Waals surface area contributed by atoms with Gasteiger partial charge in [0.15, 0.2) is 0 Å². The Morgan fingerprint density at radius 3 is 2.00 bits per heavy atom. The number of β-amino-alcohol motifs (C(OH)–C–C–N with tert-alkyl or cyclic N) is 1. The maximum absolute atomic E-state index is 10.4. The van der Waals surface area contributed by atoms with Gasteiger partial charge < -0.3 is 15.5 Å². The zero-order valence-corrected chi connectivity index (χ0v) is 10.2. The molecule has 0 saturated heterocycles. The van der Waals surface area contributed by atoms with Gasteiger partial charge in [-0.2, -0.15) is 0 Å². The van der Waals surface area contributed by atoms with Crippen LogP contribution in [-0.2, 0) is 0 Å². The maximum Gasteiger partial charge on any atom is 0.0771 e. The van der Waals surface area contributed by atoms with Crippen LogP contribution in [0.1, 0.15) is 57.8 Å². The van der Waals surface area contributed by atoms with Crippen molar-refractivity contribution in [3.63, 3.8) is 0 Å². The quantitative estimate of drug-likeness (QED) is 0.683. The van der Waals surface area contributed by atoms with Crippen molar-refractivity contribution in [2.24, 2.45) is 0 Å². The molecular weight excluding hydrogens is 202 g/mol. The number of aliphatic hydroxyl groups is 2. The Hall–Kier alpha value is -0.120. The summed E-state index contributed by atoms with van der Waals surface area (Å²) in [4.78, 5) is 0. The van der Waals surface area contributed by atoms with Crippen LogP contribution in [0.3, 0.4) is 0 Å². The van der Waals surface area contributed by atoms with E-state index in [1.54, 1.807) is 0 Å². The van der Waals surface area contributed by atoms with Gasteiger partial charge in [-0.3, -0.25) is 0 Å². The third kappa shape index (κ3) is 2.76. The van der Waals surface area contributed by atoms with Crippen LogP contribution in [0.25, 0.3) is 0 Å². The molecule has 0 aromatic rings. The molecule has 2 saturated carbocycles. The standard InChI is InChI=1S/C13H25NO2/c15-11-12(6-4-5-7-12)14-10-13(16)8-2-1-3-9-13/h14-16H,1-11H2. The first-order valence-corrected chi connectivity index (χ1v) is 6.76. The lowest BCUT2D eigenvalue weighted by molar-refractivity contribution is -0.00571. The molecule has 3 heteroatoms. The molecule has 0 heterocycles. The van der Waals surface area contributed by atoms with Gasteiger partial charge >= 0.3 is 0 Å². The molecule has 2 rings (SSSR count). The van der Waals surface area contributed by atoms with Gasteiger partial charge in [-0.15, -0.1) is 0 Å². The van der Waals surface area contributed by atoms with Gasteiger partial charge in [0.25, 0.3) is 0 Å². The fourth-order valence-electron chi connectivity index (χ4n) is 3.18. The zero-order chi connectivity index (χ0) is 11.5. The van der Waals surface area contributed by atoms with Crippen LogP contribution >= 0.6 is 0 Å². The van der Waals surface area contributed by atoms with Crippen molar-refractivity contribution < 1.29 is 10.2 Å². The molecule has 3 N–H and O–H groups in total. The van der Waals surface area contributed by atoms with Crippen molar-refractivity contribution in [3.05, 3.63) is 0 Å². The average Bonchev–Trinajstić information content (AvgIpc) is 2.77. The van der Waals surface area contributed by atoms with Crippen molar-refractivity contribution in [3.8, 4) is 0 Å². The fraction of sp³-hybridized carbons (Fsp3) is 1.00. The summed E-state index contributed by atoms with van der Waals surface area (Å²) in [5, 5.41) is 23.3. The van der Waals surface area contributed by atoms with Gasteiger partial charge in [-0.25, -0.2) is 0 Å². The Balaban J connectivity index is 1.85. The van der Waals surface area contributed by atoms with Crippen LogP contribution < -0.4 is 5.32 Å². The summed E-state index contributed by atoms with van der Waals surface area (Å²) in [6.07, 6.45) is 9.89. The van der Waals surface area contributed by atoms with Crippen LogP contribution in [0.15, 0.2) is 0 Å². The van der Waals surface area contributed by atoms with E-state index in [1.165, 1.54) is 19.3 Å². The molecule has 16 heavy (non-hydrogen) atoms. The summed E-state index contributed by atoms with van der Waals surface area (Å²) >= 11 is 0. The third-order valence-corrected chi connectivity index (χ3v) is 4.44. The molecule has 0 bridgehead atoms. The zero-order valence-electron chi connectivity index (χ0n) is 10.2. The topological polar surface area (TPSA) is 52.5 Å². The molecule has 0 amide bonds. The van der Waals surface area contributed by atoms with Crippen molar-refractivity contribution in [2.75, 3.05) is 13.2 Å². The lowest BCUT2D eigenvalue weighted by Gasteiger charge is -2.37. The first-order valence-electron chi connectivity index (χ1n) is 6.76. The Morgan fingerprint density at radius 2 is 1.44 bits per heavy atom. The molecule has 2 aliphatic rings. The van der Waals surface area contributed by atoms with E-state index in [2.05, 4.69) is 5.32 Å². The van der Waals surface area contributed by atoms with Gasteiger partial charge in [-0.05, 0) is 25.7 Å². The SMILES string of the molecule is OCC1(NCC2(O)CCCCC2)CCCC1. The van der Waals surface area contributed by atoms with Crippen molar-refractivity contribution in [1.29, 1.82) is 0 Å². The molecule has 2 fully saturated rings. The molecule has 0 aromatic carbocycles. The molecule has 2 aliphatic carbocycles. The molecule has 0 atom stereocenters. The van der Waals surface area contributed by atoms with Crippen LogP contribution in [0.4, 0.5) is 0 Å². The first kappa shape index (κ1) is 12.3. The second-order valence-electron chi connectivity index (χ2n) is 5.78. The number of hydrogen-bond acceptors (Lipinski definition) is 3.